The van der Waals surface area contributed by atoms with Crippen LogP contribution in [0.1, 0.15) is 62.5 Å². The summed E-state index contributed by atoms with van der Waals surface area (Å²) in [5.41, 5.74) is 1.68. The molecule has 0 spiro atoms. The lowest BCUT2D eigenvalue weighted by Crippen LogP contribution is -2.53. The number of nitrogens with zero attached hydrogens (tertiary/aromatic N) is 1. The zero-order valence-electron chi connectivity index (χ0n) is 17.2. The van der Waals surface area contributed by atoms with Gasteiger partial charge in [-0.05, 0) is 57.9 Å². The fourth-order valence-corrected chi connectivity index (χ4v) is 4.32. The highest BCUT2D eigenvalue weighted by Crippen LogP contribution is 2.45. The second-order valence-corrected chi connectivity index (χ2v) is 7.40. The maximum Gasteiger partial charge on any atom is 0.337 e. The maximum atomic E-state index is 12.1. The van der Waals surface area contributed by atoms with Gasteiger partial charge in [0.05, 0.1) is 18.2 Å². The Morgan fingerprint density at radius 3 is 2.15 bits per heavy atom. The lowest BCUT2D eigenvalue weighted by atomic mass is 9.76. The first-order valence-electron chi connectivity index (χ1n) is 9.55. The van der Waals surface area contributed by atoms with Crippen LogP contribution < -0.4 is 0 Å². The van der Waals surface area contributed by atoms with E-state index in [0.717, 1.165) is 17.5 Å². The van der Waals surface area contributed by atoms with Crippen molar-refractivity contribution in [3.63, 3.8) is 0 Å². The van der Waals surface area contributed by atoms with Crippen LogP contribution in [0.4, 0.5) is 0 Å². The molecule has 146 valence electrons. The number of ether oxygens (including phenoxy) is 1. The predicted octanol–water partition coefficient (Wildman–Crippen LogP) is 4.95. The summed E-state index contributed by atoms with van der Waals surface area (Å²) >= 11 is 0. The average Bonchev–Trinajstić information content (AvgIpc) is 2.66. The smallest absolute Gasteiger partial charge is 0.337 e. The van der Waals surface area contributed by atoms with Crippen molar-refractivity contribution in [1.82, 2.24) is 4.90 Å². The van der Waals surface area contributed by atoms with E-state index in [0.29, 0.717) is 5.56 Å². The minimum Gasteiger partial charge on any atom is -0.508 e. The van der Waals surface area contributed by atoms with E-state index >= 15 is 0 Å². The minimum absolute atomic E-state index is 0.180. The van der Waals surface area contributed by atoms with E-state index in [1.807, 2.05) is 18.2 Å². The standard InChI is InChI=1S/C23H31NO3/c1-7-23(19-11-9-8-10-12-19,24(16(2)3)17(4)5)20-15-18(22(26)27-6)13-14-21(20)25/h8-17,25H,7H2,1-6H3/t23-/m1/s1. The molecule has 0 aliphatic carbocycles. The lowest BCUT2D eigenvalue weighted by Gasteiger charge is -2.49. The zero-order chi connectivity index (χ0) is 20.2. The molecule has 4 heteroatoms. The number of rotatable bonds is 7. The molecule has 0 aromatic heterocycles. The molecular weight excluding hydrogens is 338 g/mol. The first-order chi connectivity index (χ1) is 12.8. The van der Waals surface area contributed by atoms with Crippen LogP contribution in [0.3, 0.4) is 0 Å². The van der Waals surface area contributed by atoms with Crippen molar-refractivity contribution in [3.8, 4) is 5.75 Å². The van der Waals surface area contributed by atoms with Gasteiger partial charge in [-0.2, -0.15) is 0 Å². The Kier molecular flexibility index (Phi) is 6.66. The summed E-state index contributed by atoms with van der Waals surface area (Å²) in [6, 6.07) is 15.6. The van der Waals surface area contributed by atoms with Gasteiger partial charge >= 0.3 is 5.97 Å². The number of esters is 1. The number of phenols is 1. The molecule has 0 aliphatic rings. The summed E-state index contributed by atoms with van der Waals surface area (Å²) in [6.45, 7) is 10.8. The number of methoxy groups -OCH3 is 1. The van der Waals surface area contributed by atoms with E-state index in [1.165, 1.54) is 7.11 Å². The summed E-state index contributed by atoms with van der Waals surface area (Å²) in [6.07, 6.45) is 0.742. The molecule has 0 saturated heterocycles. The molecule has 0 unspecified atom stereocenters. The Labute approximate surface area is 162 Å². The van der Waals surface area contributed by atoms with Crippen LogP contribution in [0.2, 0.25) is 0 Å². The number of carbonyl (C=O) groups is 1. The number of aromatic hydroxyl groups is 1. The largest absolute Gasteiger partial charge is 0.508 e. The highest BCUT2D eigenvalue weighted by Gasteiger charge is 2.43. The number of hydrogen-bond donors (Lipinski definition) is 1. The van der Waals surface area contributed by atoms with Crippen LogP contribution >= 0.6 is 0 Å². The molecule has 27 heavy (non-hydrogen) atoms. The van der Waals surface area contributed by atoms with Crippen LogP contribution in [0.25, 0.3) is 0 Å². The van der Waals surface area contributed by atoms with Crippen molar-refractivity contribution < 1.29 is 14.6 Å². The Hall–Kier alpha value is -2.33. The van der Waals surface area contributed by atoms with Gasteiger partial charge in [0, 0.05) is 17.6 Å². The number of phenolic OH excluding ortho intramolecular Hbond substituents is 1. The van der Waals surface area contributed by atoms with Gasteiger partial charge in [0.2, 0.25) is 0 Å². The Morgan fingerprint density at radius 2 is 1.67 bits per heavy atom. The SMILES string of the molecule is CC[C@@](c1ccccc1)(c1cc(C(=O)OC)ccc1O)N(C(C)C)C(C)C. The van der Waals surface area contributed by atoms with Gasteiger partial charge in [0.25, 0.3) is 0 Å². The normalized spacial score (nSPS) is 13.8. The summed E-state index contributed by atoms with van der Waals surface area (Å²) < 4.78 is 4.90. The Morgan fingerprint density at radius 1 is 1.07 bits per heavy atom. The summed E-state index contributed by atoms with van der Waals surface area (Å²) in [5, 5.41) is 10.9. The molecule has 2 rings (SSSR count). The van der Waals surface area contributed by atoms with E-state index in [9.17, 15) is 9.90 Å². The second kappa shape index (κ2) is 8.57. The fraction of sp³-hybridized carbons (Fsp3) is 0.435. The van der Waals surface area contributed by atoms with Crippen LogP contribution in [0, 0.1) is 0 Å². The number of hydrogen-bond acceptors (Lipinski definition) is 4. The molecular formula is C23H31NO3. The first-order valence-corrected chi connectivity index (χ1v) is 9.55. The molecule has 0 saturated carbocycles. The van der Waals surface area contributed by atoms with Crippen molar-refractivity contribution in [2.75, 3.05) is 7.11 Å². The third-order valence-corrected chi connectivity index (χ3v) is 5.18. The monoisotopic (exact) mass is 369 g/mol. The molecule has 1 N–H and O–H groups in total. The van der Waals surface area contributed by atoms with E-state index in [-0.39, 0.29) is 17.8 Å². The van der Waals surface area contributed by atoms with Gasteiger partial charge < -0.3 is 9.84 Å². The van der Waals surface area contributed by atoms with Crippen LogP contribution in [-0.4, -0.2) is 35.2 Å². The third-order valence-electron chi connectivity index (χ3n) is 5.18. The first kappa shape index (κ1) is 21.0. The van der Waals surface area contributed by atoms with E-state index in [4.69, 9.17) is 4.74 Å². The Balaban J connectivity index is 2.87. The molecule has 1 atom stereocenters. The summed E-state index contributed by atoms with van der Waals surface area (Å²) in [7, 11) is 1.37. The second-order valence-electron chi connectivity index (χ2n) is 7.40. The molecule has 0 heterocycles. The molecule has 0 bridgehead atoms. The van der Waals surface area contributed by atoms with E-state index in [2.05, 4.69) is 51.7 Å². The van der Waals surface area contributed by atoms with Crippen molar-refractivity contribution in [2.45, 2.75) is 58.7 Å². The van der Waals surface area contributed by atoms with Crippen LogP contribution in [0.5, 0.6) is 5.75 Å². The highest BCUT2D eigenvalue weighted by atomic mass is 16.5. The number of carbonyl (C=O) groups excluding carboxylic acids is 1. The maximum absolute atomic E-state index is 12.1. The van der Waals surface area contributed by atoms with Crippen molar-refractivity contribution in [1.29, 1.82) is 0 Å². The van der Waals surface area contributed by atoms with E-state index < -0.39 is 11.5 Å². The van der Waals surface area contributed by atoms with Gasteiger partial charge in [0.1, 0.15) is 5.75 Å². The predicted molar refractivity (Wildman–Crippen MR) is 109 cm³/mol. The minimum atomic E-state index is -0.572. The fourth-order valence-electron chi connectivity index (χ4n) is 4.32. The molecule has 4 nitrogen and oxygen atoms in total. The van der Waals surface area contributed by atoms with Crippen molar-refractivity contribution in [3.05, 3.63) is 65.2 Å². The average molecular weight is 370 g/mol. The van der Waals surface area contributed by atoms with Gasteiger partial charge in [0.15, 0.2) is 0 Å². The van der Waals surface area contributed by atoms with Crippen molar-refractivity contribution >= 4 is 5.97 Å². The van der Waals surface area contributed by atoms with Gasteiger partial charge in [-0.3, -0.25) is 4.90 Å². The molecule has 2 aromatic carbocycles. The summed E-state index contributed by atoms with van der Waals surface area (Å²) in [5.74, 6) is -0.227. The zero-order valence-corrected chi connectivity index (χ0v) is 17.2. The quantitative estimate of drug-likeness (QED) is 0.702. The molecule has 0 radical (unpaired) electrons. The van der Waals surface area contributed by atoms with E-state index in [1.54, 1.807) is 18.2 Å². The molecule has 2 aromatic rings. The van der Waals surface area contributed by atoms with Gasteiger partial charge in [-0.1, -0.05) is 37.3 Å². The third kappa shape index (κ3) is 3.86. The van der Waals surface area contributed by atoms with Crippen LogP contribution in [-0.2, 0) is 10.3 Å². The van der Waals surface area contributed by atoms with Gasteiger partial charge in [-0.25, -0.2) is 4.79 Å². The lowest BCUT2D eigenvalue weighted by molar-refractivity contribution is 0.0457. The molecule has 0 fully saturated rings. The molecule has 0 amide bonds. The topological polar surface area (TPSA) is 49.8 Å². The highest BCUT2D eigenvalue weighted by molar-refractivity contribution is 5.90. The van der Waals surface area contributed by atoms with Gasteiger partial charge in [-0.15, -0.1) is 0 Å². The van der Waals surface area contributed by atoms with Crippen molar-refractivity contribution in [2.24, 2.45) is 0 Å². The Bertz CT molecular complexity index is 762. The summed E-state index contributed by atoms with van der Waals surface area (Å²) in [4.78, 5) is 14.6. The molecule has 0 aliphatic heterocycles. The number of benzene rings is 2. The van der Waals surface area contributed by atoms with Crippen LogP contribution in [0.15, 0.2) is 48.5 Å².